The Morgan fingerprint density at radius 2 is 2.03 bits per heavy atom. The van der Waals surface area contributed by atoms with Crippen molar-refractivity contribution in [3.8, 4) is 0 Å². The minimum absolute atomic E-state index is 0.0534. The van der Waals surface area contributed by atoms with E-state index < -0.39 is 11.0 Å². The van der Waals surface area contributed by atoms with Gasteiger partial charge >= 0.3 is 0 Å². The Balaban J connectivity index is 1.57. The highest BCUT2D eigenvalue weighted by Gasteiger charge is 2.32. The van der Waals surface area contributed by atoms with Crippen molar-refractivity contribution in [3.05, 3.63) is 75.7 Å². The molecule has 0 radical (unpaired) electrons. The summed E-state index contributed by atoms with van der Waals surface area (Å²) < 4.78 is 13.1. The Kier molecular flexibility index (Phi) is 4.84. The maximum Gasteiger partial charge on any atom is 0.295 e. The minimum atomic E-state index is -0.455. The monoisotopic (exact) mass is 394 g/mol. The summed E-state index contributed by atoms with van der Waals surface area (Å²) in [6, 6.07) is 12.2. The van der Waals surface area contributed by atoms with E-state index in [0.29, 0.717) is 41.8 Å². The van der Waals surface area contributed by atoms with E-state index in [0.717, 1.165) is 5.56 Å². The van der Waals surface area contributed by atoms with Gasteiger partial charge in [0.25, 0.3) is 5.69 Å². The zero-order chi connectivity index (χ0) is 20.5. The first kappa shape index (κ1) is 18.8. The molecule has 1 unspecified atom stereocenters. The molecule has 148 valence electrons. The van der Waals surface area contributed by atoms with Gasteiger partial charge in [-0.2, -0.15) is 0 Å². The quantitative estimate of drug-likeness (QED) is 0.525. The number of non-ortho nitro benzene ring substituents is 1. The van der Waals surface area contributed by atoms with Crippen molar-refractivity contribution in [3.63, 3.8) is 0 Å². The second-order valence-electron chi connectivity index (χ2n) is 7.11. The smallest absolute Gasteiger partial charge is 0.295 e. The van der Waals surface area contributed by atoms with Crippen molar-refractivity contribution < 1.29 is 14.1 Å². The lowest BCUT2D eigenvalue weighted by Crippen LogP contribution is -2.33. The van der Waals surface area contributed by atoms with Crippen molar-refractivity contribution in [1.29, 1.82) is 0 Å². The van der Waals surface area contributed by atoms with Crippen LogP contribution in [-0.2, 0) is 11.3 Å². The summed E-state index contributed by atoms with van der Waals surface area (Å²) in [5.41, 5.74) is 2.38. The number of nitrogens with one attached hydrogen (secondary N) is 1. The molecule has 0 bridgehead atoms. The number of aryl methyl sites for hydroxylation is 1. The number of rotatable bonds is 5. The van der Waals surface area contributed by atoms with Crippen molar-refractivity contribution in [2.75, 3.05) is 11.9 Å². The molecule has 1 aromatic heterocycles. The number of nitro groups is 1. The number of carbonyl (C=O) groups excluding carboxylic acids is 1. The first-order chi connectivity index (χ1) is 13.9. The van der Waals surface area contributed by atoms with Crippen LogP contribution in [0.4, 0.5) is 15.8 Å². The SMILES string of the molecule is Cc1cc(NC2CCN(Cc3ccc(F)cc3)C2=O)c2cccc([N+](=O)[O-])c2n1. The van der Waals surface area contributed by atoms with E-state index >= 15 is 0 Å². The fraction of sp³-hybridized carbons (Fsp3) is 0.238. The highest BCUT2D eigenvalue weighted by Crippen LogP contribution is 2.31. The maximum absolute atomic E-state index is 13.1. The summed E-state index contributed by atoms with van der Waals surface area (Å²) in [4.78, 5) is 29.8. The van der Waals surface area contributed by atoms with Gasteiger partial charge in [0.15, 0.2) is 5.52 Å². The lowest BCUT2D eigenvalue weighted by atomic mass is 10.1. The lowest BCUT2D eigenvalue weighted by molar-refractivity contribution is -0.383. The molecule has 8 heteroatoms. The predicted molar refractivity (Wildman–Crippen MR) is 107 cm³/mol. The zero-order valence-corrected chi connectivity index (χ0v) is 15.8. The van der Waals surface area contributed by atoms with E-state index in [9.17, 15) is 19.3 Å². The number of nitro benzene ring substituents is 1. The summed E-state index contributed by atoms with van der Waals surface area (Å²) in [6.07, 6.45) is 0.609. The van der Waals surface area contributed by atoms with E-state index in [4.69, 9.17) is 0 Å². The first-order valence-electron chi connectivity index (χ1n) is 9.27. The number of fused-ring (bicyclic) bond motifs is 1. The molecule has 2 aromatic carbocycles. The number of likely N-dealkylation sites (tertiary alicyclic amines) is 1. The van der Waals surface area contributed by atoms with Gasteiger partial charge < -0.3 is 10.2 Å². The fourth-order valence-corrected chi connectivity index (χ4v) is 3.66. The Bertz CT molecular complexity index is 1100. The molecule has 4 rings (SSSR count). The van der Waals surface area contributed by atoms with Crippen molar-refractivity contribution >= 4 is 28.2 Å². The molecule has 0 saturated carbocycles. The van der Waals surface area contributed by atoms with Gasteiger partial charge in [-0.25, -0.2) is 9.37 Å². The molecule has 1 fully saturated rings. The molecule has 1 amide bonds. The number of pyridine rings is 1. The fourth-order valence-electron chi connectivity index (χ4n) is 3.66. The Morgan fingerprint density at radius 3 is 2.76 bits per heavy atom. The van der Waals surface area contributed by atoms with Gasteiger partial charge in [0, 0.05) is 35.9 Å². The number of anilines is 1. The van der Waals surface area contributed by atoms with Crippen LogP contribution in [0.1, 0.15) is 17.7 Å². The molecule has 0 spiro atoms. The van der Waals surface area contributed by atoms with E-state index in [-0.39, 0.29) is 17.4 Å². The number of amides is 1. The van der Waals surface area contributed by atoms with Gasteiger partial charge in [-0.1, -0.05) is 24.3 Å². The van der Waals surface area contributed by atoms with Crippen LogP contribution in [0.5, 0.6) is 0 Å². The van der Waals surface area contributed by atoms with Crippen molar-refractivity contribution in [2.24, 2.45) is 0 Å². The van der Waals surface area contributed by atoms with E-state index in [1.165, 1.54) is 18.2 Å². The van der Waals surface area contributed by atoms with Crippen LogP contribution in [0, 0.1) is 22.9 Å². The molecule has 1 atom stereocenters. The number of hydrogen-bond donors (Lipinski definition) is 1. The number of hydrogen-bond acceptors (Lipinski definition) is 5. The maximum atomic E-state index is 13.1. The van der Waals surface area contributed by atoms with Gasteiger partial charge in [0.1, 0.15) is 11.9 Å². The molecule has 1 N–H and O–H groups in total. The number of nitrogens with zero attached hydrogens (tertiary/aromatic N) is 3. The summed E-state index contributed by atoms with van der Waals surface area (Å²) in [6.45, 7) is 2.76. The number of carbonyl (C=O) groups is 1. The van der Waals surface area contributed by atoms with Crippen LogP contribution in [0.15, 0.2) is 48.5 Å². The molecular weight excluding hydrogens is 375 g/mol. The average Bonchev–Trinajstić information content (AvgIpc) is 3.02. The third-order valence-electron chi connectivity index (χ3n) is 5.06. The molecule has 2 heterocycles. The van der Waals surface area contributed by atoms with Gasteiger partial charge in [-0.3, -0.25) is 14.9 Å². The second kappa shape index (κ2) is 7.46. The molecule has 3 aromatic rings. The summed E-state index contributed by atoms with van der Waals surface area (Å²) in [5.74, 6) is -0.363. The number of para-hydroxylation sites is 1. The average molecular weight is 394 g/mol. The molecule has 7 nitrogen and oxygen atoms in total. The summed E-state index contributed by atoms with van der Waals surface area (Å²) in [7, 11) is 0. The number of aromatic nitrogens is 1. The van der Waals surface area contributed by atoms with Crippen LogP contribution in [0.3, 0.4) is 0 Å². The Labute approximate surface area is 166 Å². The highest BCUT2D eigenvalue weighted by atomic mass is 19.1. The summed E-state index contributed by atoms with van der Waals surface area (Å²) >= 11 is 0. The molecule has 0 aliphatic carbocycles. The topological polar surface area (TPSA) is 88.4 Å². The van der Waals surface area contributed by atoms with Crippen molar-refractivity contribution in [2.45, 2.75) is 25.9 Å². The molecular formula is C21H19FN4O3. The van der Waals surface area contributed by atoms with Crippen LogP contribution in [0.25, 0.3) is 10.9 Å². The van der Waals surface area contributed by atoms with Crippen molar-refractivity contribution in [1.82, 2.24) is 9.88 Å². The number of halogens is 1. The molecule has 1 aliphatic rings. The zero-order valence-electron chi connectivity index (χ0n) is 15.8. The lowest BCUT2D eigenvalue weighted by Gasteiger charge is -2.18. The van der Waals surface area contributed by atoms with E-state index in [1.807, 2.05) is 0 Å². The van der Waals surface area contributed by atoms with Gasteiger partial charge in [-0.05, 0) is 37.1 Å². The van der Waals surface area contributed by atoms with Gasteiger partial charge in [0.05, 0.1) is 4.92 Å². The Hall–Kier alpha value is -3.55. The molecule has 1 aliphatic heterocycles. The molecule has 29 heavy (non-hydrogen) atoms. The second-order valence-corrected chi connectivity index (χ2v) is 7.11. The minimum Gasteiger partial charge on any atom is -0.373 e. The molecule has 1 saturated heterocycles. The van der Waals surface area contributed by atoms with E-state index in [1.54, 1.807) is 42.2 Å². The standard InChI is InChI=1S/C21H19FN4O3/c1-13-11-18(16-3-2-4-19(26(28)29)20(16)23-13)24-17-9-10-25(21(17)27)12-14-5-7-15(22)8-6-14/h2-8,11,17H,9-10,12H2,1H3,(H,23,24). The highest BCUT2D eigenvalue weighted by molar-refractivity contribution is 5.98. The summed E-state index contributed by atoms with van der Waals surface area (Å²) in [5, 5.41) is 15.2. The Morgan fingerprint density at radius 1 is 1.28 bits per heavy atom. The van der Waals surface area contributed by atoms with E-state index in [2.05, 4.69) is 10.3 Å². The third-order valence-corrected chi connectivity index (χ3v) is 5.06. The largest absolute Gasteiger partial charge is 0.373 e. The third kappa shape index (κ3) is 3.73. The van der Waals surface area contributed by atoms with Crippen LogP contribution in [-0.4, -0.2) is 33.3 Å². The predicted octanol–water partition coefficient (Wildman–Crippen LogP) is 3.80. The van der Waals surface area contributed by atoms with Crippen LogP contribution < -0.4 is 5.32 Å². The normalized spacial score (nSPS) is 16.4. The first-order valence-corrected chi connectivity index (χ1v) is 9.27. The number of benzene rings is 2. The van der Waals surface area contributed by atoms with Gasteiger partial charge in [0.2, 0.25) is 5.91 Å². The van der Waals surface area contributed by atoms with Gasteiger partial charge in [-0.15, -0.1) is 0 Å². The van der Waals surface area contributed by atoms with Crippen LogP contribution >= 0.6 is 0 Å². The van der Waals surface area contributed by atoms with Crippen LogP contribution in [0.2, 0.25) is 0 Å².